The lowest BCUT2D eigenvalue weighted by Crippen LogP contribution is -2.12. The van der Waals surface area contributed by atoms with Gasteiger partial charge in [-0.1, -0.05) is 31.2 Å². The molecule has 0 aliphatic heterocycles. The summed E-state index contributed by atoms with van der Waals surface area (Å²) in [6.07, 6.45) is 6.63. The molecule has 3 N–H and O–H groups in total. The summed E-state index contributed by atoms with van der Waals surface area (Å²) < 4.78 is 5.35. The van der Waals surface area contributed by atoms with Crippen molar-refractivity contribution in [2.45, 2.75) is 64.7 Å². The van der Waals surface area contributed by atoms with Crippen molar-refractivity contribution in [2.24, 2.45) is 0 Å². The van der Waals surface area contributed by atoms with E-state index in [1.807, 2.05) is 19.1 Å². The van der Waals surface area contributed by atoms with Gasteiger partial charge in [0.1, 0.15) is 17.3 Å². The zero-order valence-corrected chi connectivity index (χ0v) is 19.6. The lowest BCUT2D eigenvalue weighted by atomic mass is 9.91. The Bertz CT molecular complexity index is 1060. The lowest BCUT2D eigenvalue weighted by molar-refractivity contribution is -0.109. The normalized spacial score (nSPS) is 13.7. The predicted molar refractivity (Wildman–Crippen MR) is 127 cm³/mol. The molecule has 0 unspecified atom stereocenters. The number of hydrogen-bond donors (Lipinski definition) is 3. The summed E-state index contributed by atoms with van der Waals surface area (Å²) in [6.45, 7) is 6.55. The summed E-state index contributed by atoms with van der Waals surface area (Å²) in [4.78, 5) is 28.3. The first-order valence-electron chi connectivity index (χ1n) is 11.5. The number of benzene rings is 1. The van der Waals surface area contributed by atoms with Crippen LogP contribution in [0.2, 0.25) is 0 Å². The Hall–Kier alpha value is -3.35. The highest BCUT2D eigenvalue weighted by molar-refractivity contribution is 5.86. The van der Waals surface area contributed by atoms with Crippen LogP contribution in [0.15, 0.2) is 40.8 Å². The summed E-state index contributed by atoms with van der Waals surface area (Å²) in [5, 5.41) is 11.7. The molecule has 33 heavy (non-hydrogen) atoms. The van der Waals surface area contributed by atoms with Crippen molar-refractivity contribution >= 4 is 12.4 Å². The summed E-state index contributed by atoms with van der Waals surface area (Å²) in [5.74, 6) is 1.74. The first kappa shape index (κ1) is 24.3. The van der Waals surface area contributed by atoms with E-state index >= 15 is 0 Å². The molecular formula is C26H33N3O4. The monoisotopic (exact) mass is 451 g/mol. The molecule has 1 fully saturated rings. The molecule has 0 radical (unpaired) electrons. The second-order valence-corrected chi connectivity index (χ2v) is 8.66. The van der Waals surface area contributed by atoms with Gasteiger partial charge < -0.3 is 19.8 Å². The van der Waals surface area contributed by atoms with Crippen molar-refractivity contribution in [3.05, 3.63) is 76.3 Å². The van der Waals surface area contributed by atoms with Gasteiger partial charge in [0, 0.05) is 30.5 Å². The van der Waals surface area contributed by atoms with E-state index in [0.717, 1.165) is 55.9 Å². The van der Waals surface area contributed by atoms with Crippen LogP contribution in [0.5, 0.6) is 0 Å². The van der Waals surface area contributed by atoms with Crippen molar-refractivity contribution in [3.63, 3.8) is 0 Å². The smallest absolute Gasteiger partial charge is 0.356 e. The van der Waals surface area contributed by atoms with Gasteiger partial charge in [-0.05, 0) is 62.8 Å². The van der Waals surface area contributed by atoms with E-state index < -0.39 is 5.97 Å². The number of H-pyrrole nitrogens is 1. The van der Waals surface area contributed by atoms with E-state index in [9.17, 15) is 9.59 Å². The Balaban J connectivity index is 0.000000218. The molecular weight excluding hydrogens is 418 g/mol. The van der Waals surface area contributed by atoms with E-state index in [1.165, 1.54) is 11.1 Å². The average Bonchev–Trinajstić information content (AvgIpc) is 3.31. The molecule has 7 heteroatoms. The number of hydrogen-bond acceptors (Lipinski definition) is 4. The van der Waals surface area contributed by atoms with Crippen molar-refractivity contribution in [1.82, 2.24) is 15.3 Å². The molecule has 1 saturated carbocycles. The largest absolute Gasteiger partial charge is 0.476 e. The molecule has 2 aromatic heterocycles. The second kappa shape index (κ2) is 11.0. The summed E-state index contributed by atoms with van der Waals surface area (Å²) >= 11 is 0. The SMILES string of the molecule is CCc1ccc(C2(Cc3nc(C(=O)O)c(C)[nH]3)CC2)cc1.Cc1ccc(CCCNC=O)o1. The average molecular weight is 452 g/mol. The third-order valence-electron chi connectivity index (χ3n) is 6.09. The van der Waals surface area contributed by atoms with E-state index in [-0.39, 0.29) is 11.1 Å². The number of furan rings is 1. The molecule has 1 aliphatic carbocycles. The van der Waals surface area contributed by atoms with Gasteiger partial charge in [-0.25, -0.2) is 9.78 Å². The standard InChI is InChI=1S/C17H20N2O2.C9H13NO2/c1-3-12-4-6-13(7-5-12)17(8-9-17)10-14-18-11(2)15(19-14)16(20)21;1-8-4-5-9(12-8)3-2-6-10-7-11/h4-7H,3,8-10H2,1-2H3,(H,18,19)(H,20,21);4-5,7H,2-3,6H2,1H3,(H,10,11). The first-order valence-corrected chi connectivity index (χ1v) is 11.5. The predicted octanol–water partition coefficient (Wildman–Crippen LogP) is 4.52. The minimum absolute atomic E-state index is 0.141. The Morgan fingerprint density at radius 1 is 1.21 bits per heavy atom. The number of carboxylic acids is 1. The van der Waals surface area contributed by atoms with Gasteiger partial charge in [0.15, 0.2) is 5.69 Å². The lowest BCUT2D eigenvalue weighted by Gasteiger charge is -2.14. The number of carboxylic acid groups (broad SMARTS) is 1. The number of aromatic nitrogens is 2. The third-order valence-corrected chi connectivity index (χ3v) is 6.09. The number of aromatic amines is 1. The van der Waals surface area contributed by atoms with Crippen LogP contribution in [-0.4, -0.2) is 34.0 Å². The van der Waals surface area contributed by atoms with Gasteiger partial charge in [0.2, 0.25) is 6.41 Å². The van der Waals surface area contributed by atoms with Gasteiger partial charge in [0.05, 0.1) is 0 Å². The molecule has 1 amide bonds. The quantitative estimate of drug-likeness (QED) is 0.310. The summed E-state index contributed by atoms with van der Waals surface area (Å²) in [6, 6.07) is 12.7. The van der Waals surface area contributed by atoms with E-state index in [2.05, 4.69) is 46.5 Å². The van der Waals surface area contributed by atoms with Crippen LogP contribution >= 0.6 is 0 Å². The number of rotatable bonds is 10. The fourth-order valence-electron chi connectivity index (χ4n) is 3.99. The molecule has 176 valence electrons. The summed E-state index contributed by atoms with van der Waals surface area (Å²) in [7, 11) is 0. The van der Waals surface area contributed by atoms with Crippen LogP contribution in [0, 0.1) is 13.8 Å². The van der Waals surface area contributed by atoms with Gasteiger partial charge in [0.25, 0.3) is 0 Å². The molecule has 4 rings (SSSR count). The van der Waals surface area contributed by atoms with E-state index in [1.54, 1.807) is 6.92 Å². The summed E-state index contributed by atoms with van der Waals surface area (Å²) in [5.41, 5.74) is 3.60. The highest BCUT2D eigenvalue weighted by Crippen LogP contribution is 2.50. The zero-order valence-electron chi connectivity index (χ0n) is 19.6. The maximum atomic E-state index is 11.1. The number of aryl methyl sites for hydroxylation is 4. The molecule has 1 aliphatic rings. The Morgan fingerprint density at radius 2 is 1.94 bits per heavy atom. The number of amides is 1. The minimum Gasteiger partial charge on any atom is -0.476 e. The van der Waals surface area contributed by atoms with Crippen molar-refractivity contribution in [1.29, 1.82) is 0 Å². The molecule has 7 nitrogen and oxygen atoms in total. The van der Waals surface area contributed by atoms with Crippen LogP contribution in [0.1, 0.15) is 70.8 Å². The number of nitrogens with one attached hydrogen (secondary N) is 2. The van der Waals surface area contributed by atoms with Crippen molar-refractivity contribution in [2.75, 3.05) is 6.54 Å². The Kier molecular flexibility index (Phi) is 8.09. The maximum Gasteiger partial charge on any atom is 0.356 e. The number of carbonyl (C=O) groups excluding carboxylic acids is 1. The van der Waals surface area contributed by atoms with Crippen LogP contribution in [0.25, 0.3) is 0 Å². The number of imidazole rings is 1. The first-order chi connectivity index (χ1) is 15.9. The molecule has 0 atom stereocenters. The maximum absolute atomic E-state index is 11.1. The third kappa shape index (κ3) is 6.57. The number of nitrogens with zero attached hydrogens (tertiary/aromatic N) is 1. The van der Waals surface area contributed by atoms with Gasteiger partial charge in [-0.15, -0.1) is 0 Å². The molecule has 0 bridgehead atoms. The van der Waals surface area contributed by atoms with Crippen LogP contribution < -0.4 is 5.32 Å². The highest BCUT2D eigenvalue weighted by Gasteiger charge is 2.45. The fraction of sp³-hybridized carbons (Fsp3) is 0.423. The number of aromatic carboxylic acids is 1. The van der Waals surface area contributed by atoms with Crippen LogP contribution in [0.4, 0.5) is 0 Å². The Morgan fingerprint density at radius 3 is 2.45 bits per heavy atom. The highest BCUT2D eigenvalue weighted by atomic mass is 16.4. The zero-order chi connectivity index (χ0) is 23.8. The van der Waals surface area contributed by atoms with Gasteiger partial charge in [-0.3, -0.25) is 4.79 Å². The molecule has 0 spiro atoms. The van der Waals surface area contributed by atoms with E-state index in [4.69, 9.17) is 9.52 Å². The topological polar surface area (TPSA) is 108 Å². The molecule has 3 aromatic rings. The molecule has 2 heterocycles. The fourth-order valence-corrected chi connectivity index (χ4v) is 3.99. The van der Waals surface area contributed by atoms with Crippen LogP contribution in [-0.2, 0) is 29.5 Å². The van der Waals surface area contributed by atoms with E-state index in [0.29, 0.717) is 18.6 Å². The van der Waals surface area contributed by atoms with Crippen molar-refractivity contribution in [3.8, 4) is 0 Å². The van der Waals surface area contributed by atoms with Crippen LogP contribution in [0.3, 0.4) is 0 Å². The minimum atomic E-state index is -0.966. The van der Waals surface area contributed by atoms with Crippen molar-refractivity contribution < 1.29 is 19.1 Å². The van der Waals surface area contributed by atoms with Gasteiger partial charge >= 0.3 is 5.97 Å². The van der Waals surface area contributed by atoms with Gasteiger partial charge in [-0.2, -0.15) is 0 Å². The molecule has 1 aromatic carbocycles. The molecule has 0 saturated heterocycles. The second-order valence-electron chi connectivity index (χ2n) is 8.66. The Labute approximate surface area is 194 Å². The number of carbonyl (C=O) groups is 2.